The number of carbonyl (C=O) groups excluding carboxylic acids is 2. The van der Waals surface area contributed by atoms with Crippen molar-refractivity contribution in [3.05, 3.63) is 35.4 Å². The zero-order chi connectivity index (χ0) is 17.4. The van der Waals surface area contributed by atoms with Gasteiger partial charge in [-0.1, -0.05) is 17.7 Å². The first-order valence-corrected chi connectivity index (χ1v) is 9.32. The van der Waals surface area contributed by atoms with Crippen LogP contribution in [0.3, 0.4) is 0 Å². The number of nitrogens with zero attached hydrogens (tertiary/aromatic N) is 2. The molecule has 1 aromatic rings. The number of rotatable bonds is 3. The predicted octanol–water partition coefficient (Wildman–Crippen LogP) is 2.24. The summed E-state index contributed by atoms with van der Waals surface area (Å²) in [4.78, 5) is 28.2. The van der Waals surface area contributed by atoms with E-state index >= 15 is 0 Å². The molecule has 25 heavy (non-hydrogen) atoms. The molecular weight excluding hydrogens is 316 g/mol. The monoisotopic (exact) mass is 342 g/mol. The maximum Gasteiger partial charge on any atom is 0.254 e. The number of benzene rings is 1. The molecule has 2 amide bonds. The second kappa shape index (κ2) is 6.45. The topological polar surface area (TPSA) is 49.9 Å². The first-order valence-electron chi connectivity index (χ1n) is 9.32. The van der Waals surface area contributed by atoms with Crippen LogP contribution in [-0.4, -0.2) is 60.0 Å². The average molecular weight is 342 g/mol. The minimum atomic E-state index is -0.148. The fraction of sp³-hybridized carbons (Fsp3) is 0.600. The van der Waals surface area contributed by atoms with E-state index in [0.717, 1.165) is 43.5 Å². The van der Waals surface area contributed by atoms with Crippen molar-refractivity contribution in [3.63, 3.8) is 0 Å². The molecule has 1 atom stereocenters. The van der Waals surface area contributed by atoms with Crippen LogP contribution in [0, 0.1) is 12.8 Å². The van der Waals surface area contributed by atoms with Gasteiger partial charge in [0.1, 0.15) is 5.60 Å². The first kappa shape index (κ1) is 16.6. The highest BCUT2D eigenvalue weighted by Gasteiger charge is 2.48. The van der Waals surface area contributed by atoms with E-state index in [4.69, 9.17) is 4.74 Å². The van der Waals surface area contributed by atoms with Crippen molar-refractivity contribution in [1.82, 2.24) is 9.80 Å². The van der Waals surface area contributed by atoms with E-state index in [2.05, 4.69) is 0 Å². The quantitative estimate of drug-likeness (QED) is 0.846. The van der Waals surface area contributed by atoms with Crippen molar-refractivity contribution in [3.8, 4) is 0 Å². The molecule has 3 aliphatic heterocycles. The van der Waals surface area contributed by atoms with Gasteiger partial charge in [0.25, 0.3) is 5.91 Å². The van der Waals surface area contributed by atoms with Crippen LogP contribution in [0.4, 0.5) is 0 Å². The molecule has 0 bridgehead atoms. The molecule has 1 spiro atoms. The molecule has 0 radical (unpaired) electrons. The highest BCUT2D eigenvalue weighted by molar-refractivity contribution is 5.95. The Hall–Kier alpha value is -1.88. The molecule has 3 aliphatic rings. The third-order valence-corrected chi connectivity index (χ3v) is 5.79. The molecule has 5 nitrogen and oxygen atoms in total. The van der Waals surface area contributed by atoms with Crippen LogP contribution in [0.1, 0.15) is 41.6 Å². The summed E-state index contributed by atoms with van der Waals surface area (Å²) in [7, 11) is 0. The van der Waals surface area contributed by atoms with Crippen molar-refractivity contribution in [2.45, 2.75) is 38.2 Å². The van der Waals surface area contributed by atoms with Gasteiger partial charge in [-0.2, -0.15) is 0 Å². The fourth-order valence-corrected chi connectivity index (χ4v) is 4.27. The van der Waals surface area contributed by atoms with Crippen LogP contribution < -0.4 is 0 Å². The van der Waals surface area contributed by atoms with Gasteiger partial charge in [-0.05, 0) is 38.3 Å². The van der Waals surface area contributed by atoms with Crippen LogP contribution in [0.2, 0.25) is 0 Å². The highest BCUT2D eigenvalue weighted by atomic mass is 16.5. The summed E-state index contributed by atoms with van der Waals surface area (Å²) in [5.74, 6) is 0.829. The lowest BCUT2D eigenvalue weighted by Crippen LogP contribution is -2.66. The normalized spacial score (nSPS) is 25.3. The van der Waals surface area contributed by atoms with Gasteiger partial charge in [-0.25, -0.2) is 0 Å². The first-order chi connectivity index (χ1) is 12.0. The number of amides is 2. The van der Waals surface area contributed by atoms with E-state index in [-0.39, 0.29) is 11.5 Å². The van der Waals surface area contributed by atoms with Gasteiger partial charge in [0.05, 0.1) is 19.7 Å². The summed E-state index contributed by atoms with van der Waals surface area (Å²) in [6.07, 6.45) is 3.76. The molecule has 3 saturated heterocycles. The molecule has 0 aromatic heterocycles. The molecule has 3 heterocycles. The van der Waals surface area contributed by atoms with E-state index in [1.807, 2.05) is 41.0 Å². The van der Waals surface area contributed by atoms with Gasteiger partial charge < -0.3 is 14.5 Å². The standard InChI is InChI=1S/C20H26N2O3/c1-15-4-2-5-17(10-15)19(24)22-13-20(14-22)8-7-16(12-25-20)11-21-9-3-6-18(21)23/h2,4-5,10,16H,3,6-9,11-14H2,1H3/t16-/m1/s1. The number of hydrogen-bond acceptors (Lipinski definition) is 3. The number of carbonyl (C=O) groups is 2. The van der Waals surface area contributed by atoms with Gasteiger partial charge in [0, 0.05) is 31.0 Å². The van der Waals surface area contributed by atoms with E-state index in [1.165, 1.54) is 0 Å². The van der Waals surface area contributed by atoms with E-state index in [1.54, 1.807) is 0 Å². The van der Waals surface area contributed by atoms with Gasteiger partial charge in [0.2, 0.25) is 5.91 Å². The second-order valence-corrected chi connectivity index (χ2v) is 7.87. The zero-order valence-corrected chi connectivity index (χ0v) is 14.9. The summed E-state index contributed by atoms with van der Waals surface area (Å²) in [5, 5.41) is 0. The Kier molecular flexibility index (Phi) is 4.28. The minimum Gasteiger partial charge on any atom is -0.371 e. The molecule has 134 valence electrons. The van der Waals surface area contributed by atoms with Gasteiger partial charge >= 0.3 is 0 Å². The Balaban J connectivity index is 1.28. The summed E-state index contributed by atoms with van der Waals surface area (Å²) in [6, 6.07) is 7.76. The summed E-state index contributed by atoms with van der Waals surface area (Å²) < 4.78 is 6.17. The SMILES string of the molecule is Cc1cccc(C(=O)N2CC3(CC[C@H](CN4CCCC4=O)CO3)C2)c1. The van der Waals surface area contributed by atoms with Crippen LogP contribution in [-0.2, 0) is 9.53 Å². The van der Waals surface area contributed by atoms with Crippen molar-refractivity contribution in [2.24, 2.45) is 5.92 Å². The summed E-state index contributed by atoms with van der Waals surface area (Å²) in [6.45, 7) is 5.82. The third kappa shape index (κ3) is 3.30. The van der Waals surface area contributed by atoms with Crippen LogP contribution in [0.15, 0.2) is 24.3 Å². The Bertz CT molecular complexity index is 671. The van der Waals surface area contributed by atoms with Gasteiger partial charge in [-0.3, -0.25) is 9.59 Å². The number of likely N-dealkylation sites (tertiary alicyclic amines) is 2. The summed E-state index contributed by atoms with van der Waals surface area (Å²) >= 11 is 0. The minimum absolute atomic E-state index is 0.0997. The fourth-order valence-electron chi connectivity index (χ4n) is 4.27. The molecule has 0 saturated carbocycles. The van der Waals surface area contributed by atoms with Crippen molar-refractivity contribution in [1.29, 1.82) is 0 Å². The molecule has 5 heteroatoms. The Morgan fingerprint density at radius 3 is 2.84 bits per heavy atom. The number of hydrogen-bond donors (Lipinski definition) is 0. The number of ether oxygens (including phenoxy) is 1. The molecule has 0 N–H and O–H groups in total. The van der Waals surface area contributed by atoms with Crippen molar-refractivity contribution >= 4 is 11.8 Å². The van der Waals surface area contributed by atoms with Crippen LogP contribution in [0.5, 0.6) is 0 Å². The summed E-state index contributed by atoms with van der Waals surface area (Å²) in [5.41, 5.74) is 1.72. The van der Waals surface area contributed by atoms with E-state index < -0.39 is 0 Å². The van der Waals surface area contributed by atoms with Crippen molar-refractivity contribution < 1.29 is 14.3 Å². The zero-order valence-electron chi connectivity index (χ0n) is 14.9. The maximum atomic E-state index is 12.6. The average Bonchev–Trinajstić information content (AvgIpc) is 2.98. The van der Waals surface area contributed by atoms with Crippen LogP contribution >= 0.6 is 0 Å². The molecular formula is C20H26N2O3. The lowest BCUT2D eigenvalue weighted by atomic mass is 9.82. The maximum absolute atomic E-state index is 12.6. The number of aryl methyl sites for hydroxylation is 1. The largest absolute Gasteiger partial charge is 0.371 e. The Labute approximate surface area is 148 Å². The van der Waals surface area contributed by atoms with Crippen LogP contribution in [0.25, 0.3) is 0 Å². The van der Waals surface area contributed by atoms with Gasteiger partial charge in [-0.15, -0.1) is 0 Å². The highest BCUT2D eigenvalue weighted by Crippen LogP contribution is 2.37. The molecule has 3 fully saturated rings. The molecule has 4 rings (SSSR count). The predicted molar refractivity (Wildman–Crippen MR) is 94.3 cm³/mol. The Morgan fingerprint density at radius 2 is 2.20 bits per heavy atom. The smallest absolute Gasteiger partial charge is 0.254 e. The lowest BCUT2D eigenvalue weighted by molar-refractivity contribution is -0.169. The van der Waals surface area contributed by atoms with Gasteiger partial charge in [0.15, 0.2) is 0 Å². The lowest BCUT2D eigenvalue weighted by Gasteiger charge is -2.53. The van der Waals surface area contributed by atoms with Crippen molar-refractivity contribution in [2.75, 3.05) is 32.8 Å². The Morgan fingerprint density at radius 1 is 1.36 bits per heavy atom. The molecule has 1 aromatic carbocycles. The second-order valence-electron chi connectivity index (χ2n) is 7.87. The molecule has 0 unspecified atom stereocenters. The molecule has 0 aliphatic carbocycles. The van der Waals surface area contributed by atoms with E-state index in [0.29, 0.717) is 37.9 Å². The van der Waals surface area contributed by atoms with E-state index in [9.17, 15) is 9.59 Å². The third-order valence-electron chi connectivity index (χ3n) is 5.79.